The lowest BCUT2D eigenvalue weighted by Gasteiger charge is -2.32. The van der Waals surface area contributed by atoms with Crippen LogP contribution in [0.15, 0.2) is 24.3 Å². The highest BCUT2D eigenvalue weighted by Gasteiger charge is 2.18. The molecule has 1 heterocycles. The maximum Gasteiger partial charge on any atom is 0.0233 e. The molecule has 0 spiro atoms. The first-order valence-corrected chi connectivity index (χ1v) is 8.51. The minimum atomic E-state index is 0.182. The van der Waals surface area contributed by atoms with Crippen molar-refractivity contribution in [2.45, 2.75) is 65.6 Å². The van der Waals surface area contributed by atoms with E-state index in [2.05, 4.69) is 62.2 Å². The SMILES string of the molecule is CCC1CCCN(Cc2ccc(CNC(C)(C)C)cc2)C1. The lowest BCUT2D eigenvalue weighted by Crippen LogP contribution is -2.35. The maximum atomic E-state index is 3.54. The molecule has 1 saturated heterocycles. The molecule has 1 atom stereocenters. The van der Waals surface area contributed by atoms with Crippen LogP contribution in [0.1, 0.15) is 58.1 Å². The van der Waals surface area contributed by atoms with E-state index in [1.54, 1.807) is 0 Å². The van der Waals surface area contributed by atoms with Crippen LogP contribution in [0.4, 0.5) is 0 Å². The standard InChI is InChI=1S/C19H32N2/c1-5-16-7-6-12-21(14-16)15-18-10-8-17(9-11-18)13-20-19(2,3)4/h8-11,16,20H,5-7,12-15H2,1-4H3. The Morgan fingerprint density at radius 2 is 1.81 bits per heavy atom. The molecular formula is C19H32N2. The van der Waals surface area contributed by atoms with Crippen molar-refractivity contribution in [3.8, 4) is 0 Å². The smallest absolute Gasteiger partial charge is 0.0233 e. The van der Waals surface area contributed by atoms with E-state index in [9.17, 15) is 0 Å². The summed E-state index contributed by atoms with van der Waals surface area (Å²) in [6.45, 7) is 13.6. The average molecular weight is 288 g/mol. The lowest BCUT2D eigenvalue weighted by atomic mass is 9.95. The highest BCUT2D eigenvalue weighted by atomic mass is 15.1. The Balaban J connectivity index is 1.84. The maximum absolute atomic E-state index is 3.54. The third-order valence-electron chi connectivity index (χ3n) is 4.43. The lowest BCUT2D eigenvalue weighted by molar-refractivity contribution is 0.165. The van der Waals surface area contributed by atoms with Crippen LogP contribution in [0.2, 0.25) is 0 Å². The van der Waals surface area contributed by atoms with E-state index in [1.807, 2.05) is 0 Å². The van der Waals surface area contributed by atoms with Gasteiger partial charge < -0.3 is 5.32 Å². The summed E-state index contributed by atoms with van der Waals surface area (Å²) in [5.41, 5.74) is 3.01. The predicted molar refractivity (Wildman–Crippen MR) is 91.3 cm³/mol. The summed E-state index contributed by atoms with van der Waals surface area (Å²) in [7, 11) is 0. The molecule has 1 N–H and O–H groups in total. The predicted octanol–water partition coefficient (Wildman–Crippen LogP) is 4.20. The van der Waals surface area contributed by atoms with E-state index in [4.69, 9.17) is 0 Å². The zero-order chi connectivity index (χ0) is 15.3. The van der Waals surface area contributed by atoms with Crippen LogP contribution >= 0.6 is 0 Å². The second-order valence-electron chi connectivity index (χ2n) is 7.57. The number of piperidine rings is 1. The van der Waals surface area contributed by atoms with Gasteiger partial charge in [-0.05, 0) is 57.2 Å². The van der Waals surface area contributed by atoms with Crippen molar-refractivity contribution in [3.63, 3.8) is 0 Å². The van der Waals surface area contributed by atoms with Crippen molar-refractivity contribution in [2.75, 3.05) is 13.1 Å². The summed E-state index contributed by atoms with van der Waals surface area (Å²) < 4.78 is 0. The van der Waals surface area contributed by atoms with Crippen molar-refractivity contribution in [1.82, 2.24) is 10.2 Å². The topological polar surface area (TPSA) is 15.3 Å². The van der Waals surface area contributed by atoms with Gasteiger partial charge in [0.1, 0.15) is 0 Å². The third kappa shape index (κ3) is 5.80. The van der Waals surface area contributed by atoms with E-state index in [0.717, 1.165) is 19.0 Å². The monoisotopic (exact) mass is 288 g/mol. The molecule has 0 radical (unpaired) electrons. The fourth-order valence-corrected chi connectivity index (χ4v) is 3.02. The van der Waals surface area contributed by atoms with Crippen LogP contribution in [0.5, 0.6) is 0 Å². The molecule has 118 valence electrons. The Hall–Kier alpha value is -0.860. The fraction of sp³-hybridized carbons (Fsp3) is 0.684. The van der Waals surface area contributed by atoms with Crippen molar-refractivity contribution < 1.29 is 0 Å². The van der Waals surface area contributed by atoms with E-state index >= 15 is 0 Å². The summed E-state index contributed by atoms with van der Waals surface area (Å²) in [5, 5.41) is 3.54. The minimum absolute atomic E-state index is 0.182. The third-order valence-corrected chi connectivity index (χ3v) is 4.43. The van der Waals surface area contributed by atoms with Gasteiger partial charge in [-0.15, -0.1) is 0 Å². The van der Waals surface area contributed by atoms with Gasteiger partial charge in [0.25, 0.3) is 0 Å². The van der Waals surface area contributed by atoms with Crippen molar-refractivity contribution in [1.29, 1.82) is 0 Å². The van der Waals surface area contributed by atoms with Crippen LogP contribution in [0, 0.1) is 5.92 Å². The van der Waals surface area contributed by atoms with Gasteiger partial charge in [0, 0.05) is 25.2 Å². The van der Waals surface area contributed by atoms with Crippen LogP contribution in [-0.4, -0.2) is 23.5 Å². The zero-order valence-corrected chi connectivity index (χ0v) is 14.3. The quantitative estimate of drug-likeness (QED) is 0.873. The number of benzene rings is 1. The van der Waals surface area contributed by atoms with E-state index in [1.165, 1.54) is 43.5 Å². The Morgan fingerprint density at radius 3 is 2.43 bits per heavy atom. The van der Waals surface area contributed by atoms with Gasteiger partial charge in [0.05, 0.1) is 0 Å². The fourth-order valence-electron chi connectivity index (χ4n) is 3.02. The van der Waals surface area contributed by atoms with Gasteiger partial charge in [-0.3, -0.25) is 4.90 Å². The molecule has 1 aliphatic rings. The number of rotatable bonds is 5. The van der Waals surface area contributed by atoms with E-state index < -0.39 is 0 Å². The summed E-state index contributed by atoms with van der Waals surface area (Å²) in [5.74, 6) is 0.911. The Kier molecular flexibility index (Phi) is 5.83. The molecule has 2 heteroatoms. The summed E-state index contributed by atoms with van der Waals surface area (Å²) in [6.07, 6.45) is 4.12. The van der Waals surface area contributed by atoms with Gasteiger partial charge in [0.15, 0.2) is 0 Å². The molecule has 0 bridgehead atoms. The summed E-state index contributed by atoms with van der Waals surface area (Å²) in [4.78, 5) is 2.63. The Labute approximate surface area is 130 Å². The first-order valence-electron chi connectivity index (χ1n) is 8.51. The average Bonchev–Trinajstić information content (AvgIpc) is 2.46. The van der Waals surface area contributed by atoms with E-state index in [0.29, 0.717) is 0 Å². The molecule has 2 nitrogen and oxygen atoms in total. The van der Waals surface area contributed by atoms with Crippen LogP contribution in [0.3, 0.4) is 0 Å². The van der Waals surface area contributed by atoms with Crippen molar-refractivity contribution in [3.05, 3.63) is 35.4 Å². The van der Waals surface area contributed by atoms with Gasteiger partial charge in [-0.25, -0.2) is 0 Å². The number of hydrogen-bond acceptors (Lipinski definition) is 2. The number of hydrogen-bond donors (Lipinski definition) is 1. The minimum Gasteiger partial charge on any atom is -0.308 e. The molecule has 0 amide bonds. The molecule has 2 rings (SSSR count). The molecule has 0 saturated carbocycles. The first kappa shape index (κ1) is 16.5. The Morgan fingerprint density at radius 1 is 1.14 bits per heavy atom. The zero-order valence-electron chi connectivity index (χ0n) is 14.3. The van der Waals surface area contributed by atoms with Gasteiger partial charge in [0.2, 0.25) is 0 Å². The van der Waals surface area contributed by atoms with Crippen LogP contribution in [0.25, 0.3) is 0 Å². The van der Waals surface area contributed by atoms with Gasteiger partial charge in [-0.1, -0.05) is 37.6 Å². The largest absolute Gasteiger partial charge is 0.308 e. The normalized spacial score (nSPS) is 20.7. The van der Waals surface area contributed by atoms with E-state index in [-0.39, 0.29) is 5.54 Å². The van der Waals surface area contributed by atoms with Crippen LogP contribution in [-0.2, 0) is 13.1 Å². The molecule has 1 fully saturated rings. The molecule has 1 aromatic rings. The second-order valence-corrected chi connectivity index (χ2v) is 7.57. The summed E-state index contributed by atoms with van der Waals surface area (Å²) >= 11 is 0. The first-order chi connectivity index (χ1) is 9.96. The number of likely N-dealkylation sites (tertiary alicyclic amines) is 1. The highest BCUT2D eigenvalue weighted by molar-refractivity contribution is 5.22. The van der Waals surface area contributed by atoms with Gasteiger partial charge in [-0.2, -0.15) is 0 Å². The number of nitrogens with one attached hydrogen (secondary N) is 1. The molecule has 0 aliphatic carbocycles. The highest BCUT2D eigenvalue weighted by Crippen LogP contribution is 2.21. The number of nitrogens with zero attached hydrogens (tertiary/aromatic N) is 1. The molecule has 1 unspecified atom stereocenters. The van der Waals surface area contributed by atoms with Crippen molar-refractivity contribution in [2.24, 2.45) is 5.92 Å². The molecule has 21 heavy (non-hydrogen) atoms. The van der Waals surface area contributed by atoms with Crippen LogP contribution < -0.4 is 5.32 Å². The van der Waals surface area contributed by atoms with Crippen molar-refractivity contribution >= 4 is 0 Å². The molecular weight excluding hydrogens is 256 g/mol. The van der Waals surface area contributed by atoms with Gasteiger partial charge >= 0.3 is 0 Å². The Bertz CT molecular complexity index is 416. The molecule has 0 aromatic heterocycles. The second kappa shape index (κ2) is 7.42. The summed E-state index contributed by atoms with van der Waals surface area (Å²) in [6, 6.07) is 9.15. The molecule has 1 aliphatic heterocycles. The molecule has 1 aromatic carbocycles.